The fraction of sp³-hybridized carbons (Fsp3) is 0.231. The second kappa shape index (κ2) is 5.73. The summed E-state index contributed by atoms with van der Waals surface area (Å²) in [5.41, 5.74) is 0.461. The number of amides is 1. The molecule has 0 aliphatic heterocycles. The van der Waals surface area contributed by atoms with E-state index in [-0.39, 0.29) is 17.6 Å². The number of benzene rings is 1. The standard InChI is InChI=1S/C13H13FN2OS/c1-9(13-15-6-7-18-13)8-16-12(17)10-2-4-11(14)5-3-10/h2-7,9H,8H2,1H3,(H,16,17). The summed E-state index contributed by atoms with van der Waals surface area (Å²) >= 11 is 1.57. The van der Waals surface area contributed by atoms with Gasteiger partial charge in [-0.25, -0.2) is 9.37 Å². The number of carbonyl (C=O) groups excluding carboxylic acids is 1. The van der Waals surface area contributed by atoms with Crippen LogP contribution in [0.3, 0.4) is 0 Å². The highest BCUT2D eigenvalue weighted by molar-refractivity contribution is 7.09. The first-order valence-corrected chi connectivity index (χ1v) is 6.48. The summed E-state index contributed by atoms with van der Waals surface area (Å²) in [5, 5.41) is 5.72. The monoisotopic (exact) mass is 264 g/mol. The molecule has 0 saturated carbocycles. The molecule has 2 rings (SSSR count). The van der Waals surface area contributed by atoms with Crippen LogP contribution in [0.25, 0.3) is 0 Å². The molecule has 0 fully saturated rings. The maximum Gasteiger partial charge on any atom is 0.251 e. The molecule has 0 radical (unpaired) electrons. The number of thiazole rings is 1. The molecular weight excluding hydrogens is 251 g/mol. The van der Waals surface area contributed by atoms with Gasteiger partial charge in [-0.05, 0) is 24.3 Å². The Hall–Kier alpha value is -1.75. The second-order valence-corrected chi connectivity index (χ2v) is 4.91. The molecule has 0 aliphatic carbocycles. The van der Waals surface area contributed by atoms with Gasteiger partial charge < -0.3 is 5.32 Å². The third-order valence-electron chi connectivity index (χ3n) is 2.55. The smallest absolute Gasteiger partial charge is 0.251 e. The molecule has 1 aromatic carbocycles. The van der Waals surface area contributed by atoms with Crippen molar-refractivity contribution in [2.24, 2.45) is 0 Å². The summed E-state index contributed by atoms with van der Waals surface area (Å²) in [6.07, 6.45) is 1.75. The Balaban J connectivity index is 1.90. The lowest BCUT2D eigenvalue weighted by Crippen LogP contribution is -2.27. The van der Waals surface area contributed by atoms with Gasteiger partial charge in [-0.15, -0.1) is 11.3 Å². The number of hydrogen-bond acceptors (Lipinski definition) is 3. The fourth-order valence-corrected chi connectivity index (χ4v) is 2.21. The van der Waals surface area contributed by atoms with Crippen LogP contribution in [0.2, 0.25) is 0 Å². The molecule has 1 amide bonds. The van der Waals surface area contributed by atoms with Crippen molar-refractivity contribution in [3.63, 3.8) is 0 Å². The van der Waals surface area contributed by atoms with Crippen molar-refractivity contribution in [2.45, 2.75) is 12.8 Å². The van der Waals surface area contributed by atoms with E-state index < -0.39 is 0 Å². The molecule has 0 aliphatic rings. The first-order chi connectivity index (χ1) is 8.66. The van der Waals surface area contributed by atoms with Gasteiger partial charge in [-0.2, -0.15) is 0 Å². The van der Waals surface area contributed by atoms with Gasteiger partial charge in [0.05, 0.1) is 5.01 Å². The lowest BCUT2D eigenvalue weighted by molar-refractivity contribution is 0.0951. The summed E-state index contributed by atoms with van der Waals surface area (Å²) in [4.78, 5) is 16.0. The number of rotatable bonds is 4. The van der Waals surface area contributed by atoms with Crippen LogP contribution in [0.15, 0.2) is 35.8 Å². The largest absolute Gasteiger partial charge is 0.351 e. The Morgan fingerprint density at radius 2 is 2.17 bits per heavy atom. The van der Waals surface area contributed by atoms with E-state index in [1.165, 1.54) is 24.3 Å². The predicted molar refractivity (Wildman–Crippen MR) is 69.3 cm³/mol. The number of nitrogens with zero attached hydrogens (tertiary/aromatic N) is 1. The van der Waals surface area contributed by atoms with E-state index in [9.17, 15) is 9.18 Å². The van der Waals surface area contributed by atoms with Gasteiger partial charge in [0.15, 0.2) is 0 Å². The molecule has 3 nitrogen and oxygen atoms in total. The zero-order valence-corrected chi connectivity index (χ0v) is 10.7. The first kappa shape index (κ1) is 12.7. The van der Waals surface area contributed by atoms with Crippen LogP contribution in [0.5, 0.6) is 0 Å². The van der Waals surface area contributed by atoms with E-state index >= 15 is 0 Å². The highest BCUT2D eigenvalue weighted by Crippen LogP contribution is 2.16. The molecule has 94 valence electrons. The van der Waals surface area contributed by atoms with E-state index in [0.29, 0.717) is 12.1 Å². The van der Waals surface area contributed by atoms with Gasteiger partial charge in [0.1, 0.15) is 5.82 Å². The third-order valence-corrected chi connectivity index (χ3v) is 3.56. The van der Waals surface area contributed by atoms with Crippen molar-refractivity contribution in [3.05, 3.63) is 52.2 Å². The third kappa shape index (κ3) is 3.13. The summed E-state index contributed by atoms with van der Waals surface area (Å²) in [7, 11) is 0. The summed E-state index contributed by atoms with van der Waals surface area (Å²) in [6.45, 7) is 2.52. The van der Waals surface area contributed by atoms with Crippen molar-refractivity contribution >= 4 is 17.2 Å². The zero-order chi connectivity index (χ0) is 13.0. The van der Waals surface area contributed by atoms with Crippen LogP contribution >= 0.6 is 11.3 Å². The van der Waals surface area contributed by atoms with Gasteiger partial charge in [0, 0.05) is 29.6 Å². The van der Waals surface area contributed by atoms with Gasteiger partial charge in [0.2, 0.25) is 0 Å². The number of aromatic nitrogens is 1. The molecule has 18 heavy (non-hydrogen) atoms. The summed E-state index contributed by atoms with van der Waals surface area (Å²) in [5.74, 6) is -0.365. The Bertz CT molecular complexity index is 510. The molecule has 1 N–H and O–H groups in total. The van der Waals surface area contributed by atoms with Crippen molar-refractivity contribution in [3.8, 4) is 0 Å². The first-order valence-electron chi connectivity index (χ1n) is 5.60. The Morgan fingerprint density at radius 3 is 2.78 bits per heavy atom. The summed E-state index contributed by atoms with van der Waals surface area (Å²) in [6, 6.07) is 5.50. The minimum atomic E-state index is -0.345. The molecule has 0 bridgehead atoms. The van der Waals surface area contributed by atoms with Gasteiger partial charge >= 0.3 is 0 Å². The van der Waals surface area contributed by atoms with E-state index in [0.717, 1.165) is 5.01 Å². The van der Waals surface area contributed by atoms with E-state index in [2.05, 4.69) is 10.3 Å². The Morgan fingerprint density at radius 1 is 1.44 bits per heavy atom. The number of hydrogen-bond donors (Lipinski definition) is 1. The molecule has 5 heteroatoms. The number of nitrogens with one attached hydrogen (secondary N) is 1. The molecule has 1 aromatic heterocycles. The van der Waals surface area contributed by atoms with Crippen molar-refractivity contribution < 1.29 is 9.18 Å². The topological polar surface area (TPSA) is 42.0 Å². The highest BCUT2D eigenvalue weighted by atomic mass is 32.1. The number of carbonyl (C=O) groups is 1. The quantitative estimate of drug-likeness (QED) is 0.922. The van der Waals surface area contributed by atoms with Crippen LogP contribution in [0.4, 0.5) is 4.39 Å². The van der Waals surface area contributed by atoms with Crippen LogP contribution in [0.1, 0.15) is 28.2 Å². The van der Waals surface area contributed by atoms with Crippen molar-refractivity contribution in [2.75, 3.05) is 6.54 Å². The molecule has 2 aromatic rings. The van der Waals surface area contributed by atoms with Crippen LogP contribution < -0.4 is 5.32 Å². The average molecular weight is 264 g/mol. The van der Waals surface area contributed by atoms with Gasteiger partial charge in [-0.3, -0.25) is 4.79 Å². The zero-order valence-electron chi connectivity index (χ0n) is 9.89. The van der Waals surface area contributed by atoms with E-state index in [4.69, 9.17) is 0 Å². The molecular formula is C13H13FN2OS. The van der Waals surface area contributed by atoms with Crippen LogP contribution in [-0.4, -0.2) is 17.4 Å². The van der Waals surface area contributed by atoms with E-state index in [1.54, 1.807) is 17.5 Å². The van der Waals surface area contributed by atoms with Gasteiger partial charge in [-0.1, -0.05) is 6.92 Å². The SMILES string of the molecule is CC(CNC(=O)c1ccc(F)cc1)c1nccs1. The molecule has 1 atom stereocenters. The molecule has 0 spiro atoms. The molecule has 1 unspecified atom stereocenters. The predicted octanol–water partition coefficient (Wildman–Crippen LogP) is 2.82. The van der Waals surface area contributed by atoms with Gasteiger partial charge in [0.25, 0.3) is 5.91 Å². The molecule has 1 heterocycles. The maximum absolute atomic E-state index is 12.7. The normalized spacial score (nSPS) is 12.1. The maximum atomic E-state index is 12.7. The highest BCUT2D eigenvalue weighted by Gasteiger charge is 2.11. The molecule has 0 saturated heterocycles. The number of halogens is 1. The van der Waals surface area contributed by atoms with E-state index in [1.807, 2.05) is 12.3 Å². The second-order valence-electron chi connectivity index (χ2n) is 3.99. The summed E-state index contributed by atoms with van der Waals surface area (Å²) < 4.78 is 12.7. The average Bonchev–Trinajstić information content (AvgIpc) is 2.90. The Labute approximate surface area is 109 Å². The fourth-order valence-electron chi connectivity index (χ4n) is 1.51. The van der Waals surface area contributed by atoms with Crippen LogP contribution in [-0.2, 0) is 0 Å². The lowest BCUT2D eigenvalue weighted by Gasteiger charge is -2.10. The lowest BCUT2D eigenvalue weighted by atomic mass is 10.1. The minimum Gasteiger partial charge on any atom is -0.351 e. The van der Waals surface area contributed by atoms with Crippen molar-refractivity contribution in [1.29, 1.82) is 0 Å². The van der Waals surface area contributed by atoms with Crippen LogP contribution in [0, 0.1) is 5.82 Å². The minimum absolute atomic E-state index is 0.175. The van der Waals surface area contributed by atoms with Crippen molar-refractivity contribution in [1.82, 2.24) is 10.3 Å². The Kier molecular flexibility index (Phi) is 4.04.